The smallest absolute Gasteiger partial charge is 0.315 e. The summed E-state index contributed by atoms with van der Waals surface area (Å²) in [5.74, 6) is -0.341. The van der Waals surface area contributed by atoms with Gasteiger partial charge in [-0.25, -0.2) is 9.18 Å². The van der Waals surface area contributed by atoms with Crippen molar-refractivity contribution in [2.24, 2.45) is 0 Å². The van der Waals surface area contributed by atoms with Crippen molar-refractivity contribution in [3.05, 3.63) is 34.6 Å². The molecule has 0 saturated carbocycles. The van der Waals surface area contributed by atoms with E-state index in [4.69, 9.17) is 16.7 Å². The van der Waals surface area contributed by atoms with Gasteiger partial charge < -0.3 is 15.7 Å². The lowest BCUT2D eigenvalue weighted by Crippen LogP contribution is -2.52. The molecule has 0 bridgehead atoms. The van der Waals surface area contributed by atoms with Gasteiger partial charge in [0.1, 0.15) is 5.82 Å². The van der Waals surface area contributed by atoms with Crippen molar-refractivity contribution < 1.29 is 14.3 Å². The lowest BCUT2D eigenvalue weighted by Gasteiger charge is -2.33. The molecule has 2 rings (SSSR count). The van der Waals surface area contributed by atoms with E-state index >= 15 is 0 Å². The van der Waals surface area contributed by atoms with Crippen LogP contribution in [0, 0.1) is 5.82 Å². The fourth-order valence-electron chi connectivity index (χ4n) is 2.70. The summed E-state index contributed by atoms with van der Waals surface area (Å²) in [6.45, 7) is 3.91. The van der Waals surface area contributed by atoms with Crippen LogP contribution in [0.3, 0.4) is 0 Å². The number of likely N-dealkylation sites (tertiary alicyclic amines) is 1. The summed E-state index contributed by atoms with van der Waals surface area (Å²) in [4.78, 5) is 14.0. The third-order valence-electron chi connectivity index (χ3n) is 3.90. The second kappa shape index (κ2) is 8.47. The Balaban J connectivity index is 1.86. The zero-order chi connectivity index (χ0) is 16.8. The van der Waals surface area contributed by atoms with Crippen LogP contribution in [0.1, 0.15) is 25.3 Å². The second-order valence-electron chi connectivity index (χ2n) is 6.01. The zero-order valence-corrected chi connectivity index (χ0v) is 13.9. The molecule has 23 heavy (non-hydrogen) atoms. The standard InChI is InChI=1S/C16H23ClFN3O2/c1-11(10-22)19-16(23)20-14-3-2-6-21(9-14)8-12-4-5-13(18)7-15(12)17/h4-5,7,11,14,22H,2-3,6,8-10H2,1H3,(H2,19,20,23)/t11-,14?/m0/s1. The first-order valence-corrected chi connectivity index (χ1v) is 8.20. The molecule has 2 atom stereocenters. The molecular formula is C16H23ClFN3O2. The SMILES string of the molecule is C[C@@H](CO)NC(=O)NC1CCCN(Cc2ccc(F)cc2Cl)C1. The lowest BCUT2D eigenvalue weighted by molar-refractivity contribution is 0.176. The van der Waals surface area contributed by atoms with Crippen molar-refractivity contribution >= 4 is 17.6 Å². The third kappa shape index (κ3) is 5.64. The molecule has 1 aliphatic heterocycles. The van der Waals surface area contributed by atoms with Gasteiger partial charge in [-0.05, 0) is 44.0 Å². The highest BCUT2D eigenvalue weighted by atomic mass is 35.5. The summed E-state index contributed by atoms with van der Waals surface area (Å²) >= 11 is 6.07. The molecule has 3 N–H and O–H groups in total. The average molecular weight is 344 g/mol. The van der Waals surface area contributed by atoms with Gasteiger partial charge in [0.2, 0.25) is 0 Å². The fraction of sp³-hybridized carbons (Fsp3) is 0.562. The number of carbonyl (C=O) groups excluding carboxylic acids is 1. The number of nitrogens with zero attached hydrogens (tertiary/aromatic N) is 1. The van der Waals surface area contributed by atoms with Crippen LogP contribution >= 0.6 is 11.6 Å². The number of nitrogens with one attached hydrogen (secondary N) is 2. The predicted molar refractivity (Wildman–Crippen MR) is 87.9 cm³/mol. The van der Waals surface area contributed by atoms with E-state index in [1.807, 2.05) is 0 Å². The first-order chi connectivity index (χ1) is 11.0. The number of hydrogen-bond donors (Lipinski definition) is 3. The molecule has 1 heterocycles. The van der Waals surface area contributed by atoms with Gasteiger partial charge in [0.05, 0.1) is 12.6 Å². The molecule has 1 saturated heterocycles. The number of benzene rings is 1. The summed E-state index contributed by atoms with van der Waals surface area (Å²) in [6, 6.07) is 3.94. The molecule has 5 nitrogen and oxygen atoms in total. The Morgan fingerprint density at radius 1 is 1.57 bits per heavy atom. The minimum atomic E-state index is -0.341. The molecule has 128 valence electrons. The molecular weight excluding hydrogens is 321 g/mol. The Morgan fingerprint density at radius 2 is 2.35 bits per heavy atom. The Morgan fingerprint density at radius 3 is 3.04 bits per heavy atom. The summed E-state index contributed by atoms with van der Waals surface area (Å²) in [5, 5.41) is 15.0. The van der Waals surface area contributed by atoms with Gasteiger partial charge in [-0.3, -0.25) is 4.90 Å². The molecule has 2 amide bonds. The van der Waals surface area contributed by atoms with E-state index in [1.165, 1.54) is 12.1 Å². The summed E-state index contributed by atoms with van der Waals surface area (Å²) in [5.41, 5.74) is 0.882. The van der Waals surface area contributed by atoms with E-state index in [0.29, 0.717) is 18.1 Å². The summed E-state index contributed by atoms with van der Waals surface area (Å²) < 4.78 is 13.1. The van der Waals surface area contributed by atoms with Gasteiger partial charge in [0.25, 0.3) is 0 Å². The maximum absolute atomic E-state index is 13.1. The van der Waals surface area contributed by atoms with Gasteiger partial charge in [-0.1, -0.05) is 17.7 Å². The minimum Gasteiger partial charge on any atom is -0.394 e. The molecule has 1 aliphatic rings. The number of amides is 2. The Labute approximate surface area is 140 Å². The maximum Gasteiger partial charge on any atom is 0.315 e. The van der Waals surface area contributed by atoms with Gasteiger partial charge in [0, 0.05) is 24.2 Å². The van der Waals surface area contributed by atoms with Crippen LogP contribution < -0.4 is 10.6 Å². The van der Waals surface area contributed by atoms with Gasteiger partial charge in [-0.15, -0.1) is 0 Å². The third-order valence-corrected chi connectivity index (χ3v) is 4.25. The molecule has 7 heteroatoms. The first-order valence-electron chi connectivity index (χ1n) is 7.82. The van der Waals surface area contributed by atoms with E-state index in [-0.39, 0.29) is 30.5 Å². The summed E-state index contributed by atoms with van der Waals surface area (Å²) in [6.07, 6.45) is 1.88. The monoisotopic (exact) mass is 343 g/mol. The van der Waals surface area contributed by atoms with Crippen LogP contribution in [0.5, 0.6) is 0 Å². The van der Waals surface area contributed by atoms with Crippen LogP contribution in [0.2, 0.25) is 5.02 Å². The topological polar surface area (TPSA) is 64.6 Å². The van der Waals surface area contributed by atoms with Crippen molar-refractivity contribution in [3.8, 4) is 0 Å². The van der Waals surface area contributed by atoms with E-state index < -0.39 is 0 Å². The van der Waals surface area contributed by atoms with Crippen LogP contribution in [0.25, 0.3) is 0 Å². The largest absolute Gasteiger partial charge is 0.394 e. The highest BCUT2D eigenvalue weighted by molar-refractivity contribution is 6.31. The highest BCUT2D eigenvalue weighted by Gasteiger charge is 2.22. The van der Waals surface area contributed by atoms with Gasteiger partial charge in [0.15, 0.2) is 0 Å². The number of carbonyl (C=O) groups is 1. The predicted octanol–water partition coefficient (Wildman–Crippen LogP) is 2.12. The fourth-order valence-corrected chi connectivity index (χ4v) is 2.93. The molecule has 0 aromatic heterocycles. The number of aliphatic hydroxyl groups excluding tert-OH is 1. The lowest BCUT2D eigenvalue weighted by atomic mass is 10.0. The number of rotatable bonds is 5. The summed E-state index contributed by atoms with van der Waals surface area (Å²) in [7, 11) is 0. The molecule has 0 spiro atoms. The normalized spacial score (nSPS) is 20.1. The number of piperidine rings is 1. The van der Waals surface area contributed by atoms with Gasteiger partial charge in [-0.2, -0.15) is 0 Å². The first kappa shape index (κ1) is 18.0. The van der Waals surface area contributed by atoms with Gasteiger partial charge >= 0.3 is 6.03 Å². The molecule has 1 fully saturated rings. The van der Waals surface area contributed by atoms with E-state index in [9.17, 15) is 9.18 Å². The van der Waals surface area contributed by atoms with Crippen LogP contribution in [0.4, 0.5) is 9.18 Å². The minimum absolute atomic E-state index is 0.0499. The number of urea groups is 1. The highest BCUT2D eigenvalue weighted by Crippen LogP contribution is 2.21. The average Bonchev–Trinajstić information content (AvgIpc) is 2.50. The Bertz CT molecular complexity index is 544. The van der Waals surface area contributed by atoms with E-state index in [0.717, 1.165) is 24.9 Å². The van der Waals surface area contributed by atoms with Crippen molar-refractivity contribution in [2.75, 3.05) is 19.7 Å². The van der Waals surface area contributed by atoms with Crippen molar-refractivity contribution in [2.45, 2.75) is 38.4 Å². The molecule has 0 aliphatic carbocycles. The quantitative estimate of drug-likeness (QED) is 0.767. The van der Waals surface area contributed by atoms with E-state index in [1.54, 1.807) is 13.0 Å². The molecule has 0 radical (unpaired) electrons. The van der Waals surface area contributed by atoms with Crippen LogP contribution in [0.15, 0.2) is 18.2 Å². The van der Waals surface area contributed by atoms with Crippen molar-refractivity contribution in [1.29, 1.82) is 0 Å². The van der Waals surface area contributed by atoms with E-state index in [2.05, 4.69) is 15.5 Å². The molecule has 1 aromatic rings. The number of aliphatic hydroxyl groups is 1. The molecule has 1 aromatic carbocycles. The second-order valence-corrected chi connectivity index (χ2v) is 6.42. The van der Waals surface area contributed by atoms with Crippen LogP contribution in [-0.4, -0.2) is 47.8 Å². The Kier molecular flexibility index (Phi) is 6.62. The number of hydrogen-bond acceptors (Lipinski definition) is 3. The molecule has 1 unspecified atom stereocenters. The zero-order valence-electron chi connectivity index (χ0n) is 13.2. The Hall–Kier alpha value is -1.37. The number of halogens is 2. The van der Waals surface area contributed by atoms with Crippen molar-refractivity contribution in [3.63, 3.8) is 0 Å². The van der Waals surface area contributed by atoms with Crippen molar-refractivity contribution in [1.82, 2.24) is 15.5 Å². The maximum atomic E-state index is 13.1. The van der Waals surface area contributed by atoms with Crippen LogP contribution in [-0.2, 0) is 6.54 Å².